The number of halogens is 3. The summed E-state index contributed by atoms with van der Waals surface area (Å²) in [5.74, 6) is -1.42. The van der Waals surface area contributed by atoms with Gasteiger partial charge in [0.25, 0.3) is 0 Å². The van der Waals surface area contributed by atoms with E-state index in [1.807, 2.05) is 4.90 Å². The molecule has 1 unspecified atom stereocenters. The Bertz CT molecular complexity index is 1080. The predicted octanol–water partition coefficient (Wildman–Crippen LogP) is 4.47. The first-order chi connectivity index (χ1) is 14.5. The van der Waals surface area contributed by atoms with Crippen LogP contribution in [0.25, 0.3) is 22.0 Å². The molecular formula is C21H20ClF2N3O3. The van der Waals surface area contributed by atoms with Gasteiger partial charge in [-0.15, -0.1) is 0 Å². The second kappa shape index (κ2) is 8.20. The lowest BCUT2D eigenvalue weighted by Crippen LogP contribution is -2.23. The number of anilines is 1. The van der Waals surface area contributed by atoms with Crippen LogP contribution in [0, 0.1) is 11.6 Å². The molecule has 0 N–H and O–H groups in total. The summed E-state index contributed by atoms with van der Waals surface area (Å²) >= 11 is 6.10. The van der Waals surface area contributed by atoms with Gasteiger partial charge in [-0.05, 0) is 18.6 Å². The largest absolute Gasteiger partial charge is 0.494 e. The van der Waals surface area contributed by atoms with Gasteiger partial charge in [0.1, 0.15) is 11.0 Å². The molecule has 1 aliphatic rings. The summed E-state index contributed by atoms with van der Waals surface area (Å²) < 4.78 is 45.8. The van der Waals surface area contributed by atoms with E-state index in [0.717, 1.165) is 11.8 Å². The van der Waals surface area contributed by atoms with Crippen LogP contribution in [0.3, 0.4) is 0 Å². The lowest BCUT2D eigenvalue weighted by molar-refractivity contribution is 0.121. The number of pyridine rings is 2. The molecule has 6 nitrogen and oxygen atoms in total. The number of hydrogen-bond acceptors (Lipinski definition) is 6. The zero-order chi connectivity index (χ0) is 21.4. The number of ether oxygens (including phenoxy) is 3. The van der Waals surface area contributed by atoms with E-state index in [-0.39, 0.29) is 28.9 Å². The van der Waals surface area contributed by atoms with Gasteiger partial charge in [-0.2, -0.15) is 0 Å². The second-order valence-corrected chi connectivity index (χ2v) is 7.32. The third kappa shape index (κ3) is 3.50. The SMILES string of the molecule is COc1cc(OC)c(F)c(-c2cc3cnc(Cl)cc3c(N3CCC(OC)C3)n2)c1F. The van der Waals surface area contributed by atoms with Crippen molar-refractivity contribution in [1.29, 1.82) is 0 Å². The fraction of sp³-hybridized carbons (Fsp3) is 0.333. The van der Waals surface area contributed by atoms with Crippen LogP contribution in [-0.2, 0) is 4.74 Å². The summed E-state index contributed by atoms with van der Waals surface area (Å²) in [7, 11) is 4.27. The summed E-state index contributed by atoms with van der Waals surface area (Å²) in [5, 5.41) is 1.70. The lowest BCUT2D eigenvalue weighted by atomic mass is 10.1. The summed E-state index contributed by atoms with van der Waals surface area (Å²) in [6.45, 7) is 1.30. The lowest BCUT2D eigenvalue weighted by Gasteiger charge is -2.21. The van der Waals surface area contributed by atoms with Gasteiger partial charge in [0.05, 0.1) is 31.6 Å². The van der Waals surface area contributed by atoms with Gasteiger partial charge in [-0.3, -0.25) is 0 Å². The Morgan fingerprint density at radius 1 is 1.07 bits per heavy atom. The standard InChI is InChI=1S/C21H20ClF2N3O3/c1-28-12-4-5-27(10-12)21-13-7-17(22)25-9-11(13)6-14(26-21)18-19(23)15(29-2)8-16(30-3)20(18)24/h6-9,12H,4-5,10H2,1-3H3. The van der Waals surface area contributed by atoms with Crippen molar-refractivity contribution in [3.63, 3.8) is 0 Å². The van der Waals surface area contributed by atoms with E-state index in [4.69, 9.17) is 25.8 Å². The molecule has 1 fully saturated rings. The molecule has 0 spiro atoms. The zero-order valence-electron chi connectivity index (χ0n) is 16.7. The van der Waals surface area contributed by atoms with Crippen molar-refractivity contribution in [2.45, 2.75) is 12.5 Å². The Balaban J connectivity index is 1.97. The minimum atomic E-state index is -0.855. The number of benzene rings is 1. The highest BCUT2D eigenvalue weighted by Crippen LogP contribution is 2.40. The van der Waals surface area contributed by atoms with E-state index < -0.39 is 11.6 Å². The Labute approximate surface area is 177 Å². The molecule has 2 aromatic heterocycles. The van der Waals surface area contributed by atoms with Crippen molar-refractivity contribution in [1.82, 2.24) is 9.97 Å². The van der Waals surface area contributed by atoms with E-state index in [0.29, 0.717) is 29.4 Å². The molecule has 0 radical (unpaired) electrons. The number of nitrogens with zero attached hydrogens (tertiary/aromatic N) is 3. The van der Waals surface area contributed by atoms with Gasteiger partial charge < -0.3 is 19.1 Å². The maximum atomic E-state index is 15.1. The molecule has 1 atom stereocenters. The molecule has 1 aromatic carbocycles. The number of rotatable bonds is 5. The van der Waals surface area contributed by atoms with Crippen LogP contribution in [0.2, 0.25) is 5.15 Å². The summed E-state index contributed by atoms with van der Waals surface area (Å²) in [5.41, 5.74) is -0.221. The minimum Gasteiger partial charge on any atom is -0.494 e. The van der Waals surface area contributed by atoms with Crippen molar-refractivity contribution >= 4 is 28.2 Å². The van der Waals surface area contributed by atoms with Gasteiger partial charge in [-0.25, -0.2) is 18.7 Å². The Morgan fingerprint density at radius 3 is 2.37 bits per heavy atom. The molecule has 0 aliphatic carbocycles. The molecule has 1 saturated heterocycles. The average Bonchev–Trinajstić information content (AvgIpc) is 3.23. The molecule has 30 heavy (non-hydrogen) atoms. The van der Waals surface area contributed by atoms with Crippen LogP contribution in [0.4, 0.5) is 14.6 Å². The van der Waals surface area contributed by atoms with Crippen LogP contribution in [0.5, 0.6) is 11.5 Å². The molecule has 1 aliphatic heterocycles. The van der Waals surface area contributed by atoms with Gasteiger partial charge in [0.15, 0.2) is 23.1 Å². The molecule has 0 saturated carbocycles. The molecule has 158 valence electrons. The van der Waals surface area contributed by atoms with Gasteiger partial charge in [0.2, 0.25) is 0 Å². The summed E-state index contributed by atoms with van der Waals surface area (Å²) in [4.78, 5) is 10.8. The number of hydrogen-bond donors (Lipinski definition) is 0. The van der Waals surface area contributed by atoms with Crippen molar-refractivity contribution in [2.75, 3.05) is 39.3 Å². The highest BCUT2D eigenvalue weighted by molar-refractivity contribution is 6.30. The predicted molar refractivity (Wildman–Crippen MR) is 111 cm³/mol. The fourth-order valence-electron chi connectivity index (χ4n) is 3.70. The topological polar surface area (TPSA) is 56.7 Å². The number of aromatic nitrogens is 2. The van der Waals surface area contributed by atoms with Crippen molar-refractivity contribution in [2.24, 2.45) is 0 Å². The van der Waals surface area contributed by atoms with E-state index in [9.17, 15) is 0 Å². The van der Waals surface area contributed by atoms with E-state index >= 15 is 8.78 Å². The van der Waals surface area contributed by atoms with Gasteiger partial charge in [0, 0.05) is 43.2 Å². The molecule has 0 amide bonds. The first kappa shape index (κ1) is 20.6. The van der Waals surface area contributed by atoms with E-state index in [2.05, 4.69) is 9.97 Å². The Hall–Kier alpha value is -2.71. The summed E-state index contributed by atoms with van der Waals surface area (Å²) in [6.07, 6.45) is 2.43. The van der Waals surface area contributed by atoms with Crippen LogP contribution >= 0.6 is 11.6 Å². The normalized spacial score (nSPS) is 16.3. The fourth-order valence-corrected chi connectivity index (χ4v) is 3.85. The van der Waals surface area contributed by atoms with E-state index in [1.165, 1.54) is 20.3 Å². The second-order valence-electron chi connectivity index (χ2n) is 6.94. The van der Waals surface area contributed by atoms with Gasteiger partial charge in [-0.1, -0.05) is 11.6 Å². The first-order valence-corrected chi connectivity index (χ1v) is 9.69. The molecule has 4 rings (SSSR count). The van der Waals surface area contributed by atoms with Crippen LogP contribution < -0.4 is 14.4 Å². The van der Waals surface area contributed by atoms with Crippen LogP contribution in [0.1, 0.15) is 6.42 Å². The molecule has 3 heterocycles. The van der Waals surface area contributed by atoms with Crippen molar-refractivity contribution < 1.29 is 23.0 Å². The Kier molecular flexibility index (Phi) is 5.62. The monoisotopic (exact) mass is 435 g/mol. The molecule has 9 heteroatoms. The maximum absolute atomic E-state index is 15.1. The maximum Gasteiger partial charge on any atom is 0.177 e. The number of methoxy groups -OCH3 is 3. The van der Waals surface area contributed by atoms with Gasteiger partial charge >= 0.3 is 0 Å². The first-order valence-electron chi connectivity index (χ1n) is 9.31. The minimum absolute atomic E-state index is 0.0493. The van der Waals surface area contributed by atoms with Crippen LogP contribution in [0.15, 0.2) is 24.4 Å². The van der Waals surface area contributed by atoms with Crippen molar-refractivity contribution in [3.8, 4) is 22.8 Å². The molecular weight excluding hydrogens is 416 g/mol. The highest BCUT2D eigenvalue weighted by Gasteiger charge is 2.28. The third-order valence-corrected chi connectivity index (χ3v) is 5.48. The smallest absolute Gasteiger partial charge is 0.177 e. The molecule has 0 bridgehead atoms. The Morgan fingerprint density at radius 2 is 1.77 bits per heavy atom. The quantitative estimate of drug-likeness (QED) is 0.551. The average molecular weight is 436 g/mol. The highest BCUT2D eigenvalue weighted by atomic mass is 35.5. The number of fused-ring (bicyclic) bond motifs is 1. The third-order valence-electron chi connectivity index (χ3n) is 5.27. The van der Waals surface area contributed by atoms with Crippen LogP contribution in [-0.4, -0.2) is 50.5 Å². The van der Waals surface area contributed by atoms with E-state index in [1.54, 1.807) is 25.4 Å². The van der Waals surface area contributed by atoms with Crippen molar-refractivity contribution in [3.05, 3.63) is 41.2 Å². The summed E-state index contributed by atoms with van der Waals surface area (Å²) in [6, 6.07) is 4.44. The molecule has 3 aromatic rings. The zero-order valence-corrected chi connectivity index (χ0v) is 17.5.